The lowest BCUT2D eigenvalue weighted by Gasteiger charge is -2.27. The quantitative estimate of drug-likeness (QED) is 0.811. The van der Waals surface area contributed by atoms with Crippen molar-refractivity contribution >= 4 is 5.91 Å². The molecular weight excluding hydrogens is 288 g/mol. The molecule has 1 aromatic rings. The van der Waals surface area contributed by atoms with Gasteiger partial charge >= 0.3 is 0 Å². The molecule has 2 rings (SSSR count). The summed E-state index contributed by atoms with van der Waals surface area (Å²) in [6, 6.07) is 8.07. The van der Waals surface area contributed by atoms with Gasteiger partial charge in [-0.1, -0.05) is 32.0 Å². The van der Waals surface area contributed by atoms with Gasteiger partial charge in [0.15, 0.2) is 0 Å². The second-order valence-corrected chi connectivity index (χ2v) is 6.69. The molecule has 0 saturated carbocycles. The van der Waals surface area contributed by atoms with Crippen molar-refractivity contribution in [2.24, 2.45) is 11.8 Å². The molecule has 1 fully saturated rings. The Morgan fingerprint density at radius 3 is 2.65 bits per heavy atom. The van der Waals surface area contributed by atoms with E-state index >= 15 is 0 Å². The minimum absolute atomic E-state index is 0.0140. The topological polar surface area (TPSA) is 50.4 Å². The highest BCUT2D eigenvalue weighted by Crippen LogP contribution is 2.30. The molecule has 4 heteroatoms. The Bertz CT molecular complexity index is 496. The summed E-state index contributed by atoms with van der Waals surface area (Å²) in [6.45, 7) is 8.86. The molecule has 1 aliphatic heterocycles. The third-order valence-corrected chi connectivity index (χ3v) is 4.33. The van der Waals surface area contributed by atoms with Gasteiger partial charge in [-0.25, -0.2) is 0 Å². The first-order chi connectivity index (χ1) is 11.1. The van der Waals surface area contributed by atoms with Gasteiger partial charge in [-0.05, 0) is 51.3 Å². The lowest BCUT2D eigenvalue weighted by Crippen LogP contribution is -2.40. The molecule has 0 unspecified atom stereocenters. The fourth-order valence-electron chi connectivity index (χ4n) is 3.16. The Balaban J connectivity index is 2.14. The van der Waals surface area contributed by atoms with Crippen molar-refractivity contribution in [2.45, 2.75) is 46.1 Å². The summed E-state index contributed by atoms with van der Waals surface area (Å²) in [5.41, 5.74) is 1.09. The van der Waals surface area contributed by atoms with Crippen LogP contribution in [0.2, 0.25) is 0 Å². The standard InChI is InChI=1S/C19H30N2O2/c1-4-23-18-8-6-5-7-16(18)17(13-14(2)3)21-19(22)15-9-11-20-12-10-15/h5-8,14-15,17,20H,4,9-13H2,1-3H3,(H,21,22)/t17-/m1/s1. The predicted octanol–water partition coefficient (Wildman–Crippen LogP) is 3.29. The van der Waals surface area contributed by atoms with E-state index in [9.17, 15) is 4.79 Å². The average molecular weight is 318 g/mol. The van der Waals surface area contributed by atoms with Gasteiger partial charge in [0.25, 0.3) is 0 Å². The number of benzene rings is 1. The van der Waals surface area contributed by atoms with Gasteiger partial charge in [0, 0.05) is 11.5 Å². The highest BCUT2D eigenvalue weighted by atomic mass is 16.5. The summed E-state index contributed by atoms with van der Waals surface area (Å²) in [5.74, 6) is 1.70. The molecule has 1 aliphatic rings. The van der Waals surface area contributed by atoms with Crippen LogP contribution >= 0.6 is 0 Å². The van der Waals surface area contributed by atoms with Gasteiger partial charge in [-0.15, -0.1) is 0 Å². The van der Waals surface area contributed by atoms with Gasteiger partial charge in [0.1, 0.15) is 5.75 Å². The largest absolute Gasteiger partial charge is 0.494 e. The van der Waals surface area contributed by atoms with Crippen LogP contribution in [0.3, 0.4) is 0 Å². The molecule has 0 radical (unpaired) electrons. The normalized spacial score (nSPS) is 17.0. The third kappa shape index (κ3) is 5.24. The average Bonchev–Trinajstić information content (AvgIpc) is 2.55. The van der Waals surface area contributed by atoms with Crippen molar-refractivity contribution in [3.63, 3.8) is 0 Å². The van der Waals surface area contributed by atoms with Gasteiger partial charge in [-0.2, -0.15) is 0 Å². The first-order valence-corrected chi connectivity index (χ1v) is 8.84. The Labute approximate surface area is 140 Å². The summed E-state index contributed by atoms with van der Waals surface area (Å²) in [7, 11) is 0. The van der Waals surface area contributed by atoms with Crippen LogP contribution in [-0.4, -0.2) is 25.6 Å². The van der Waals surface area contributed by atoms with E-state index in [0.29, 0.717) is 12.5 Å². The minimum atomic E-state index is 0.0140. The number of carbonyl (C=O) groups is 1. The summed E-state index contributed by atoms with van der Waals surface area (Å²) in [5, 5.41) is 6.60. The van der Waals surface area contributed by atoms with Crippen LogP contribution in [0.1, 0.15) is 51.6 Å². The monoisotopic (exact) mass is 318 g/mol. The molecule has 1 amide bonds. The van der Waals surface area contributed by atoms with E-state index in [2.05, 4.69) is 30.5 Å². The number of rotatable bonds is 7. The summed E-state index contributed by atoms with van der Waals surface area (Å²) < 4.78 is 5.77. The SMILES string of the molecule is CCOc1ccccc1[C@@H](CC(C)C)NC(=O)C1CCNCC1. The first-order valence-electron chi connectivity index (χ1n) is 8.84. The van der Waals surface area contributed by atoms with E-state index in [1.165, 1.54) is 0 Å². The molecule has 128 valence electrons. The number of amides is 1. The number of carbonyl (C=O) groups excluding carboxylic acids is 1. The van der Waals surface area contributed by atoms with Crippen LogP contribution in [0.5, 0.6) is 5.75 Å². The highest BCUT2D eigenvalue weighted by Gasteiger charge is 2.25. The number of piperidine rings is 1. The molecule has 4 nitrogen and oxygen atoms in total. The van der Waals surface area contributed by atoms with Gasteiger partial charge in [0.05, 0.1) is 12.6 Å². The molecule has 1 aromatic carbocycles. The number of hydrogen-bond acceptors (Lipinski definition) is 3. The Morgan fingerprint density at radius 2 is 2.00 bits per heavy atom. The van der Waals surface area contributed by atoms with E-state index in [4.69, 9.17) is 4.74 Å². The van der Waals surface area contributed by atoms with Crippen molar-refractivity contribution in [3.8, 4) is 5.75 Å². The first kappa shape index (κ1) is 17.8. The number of para-hydroxylation sites is 1. The van der Waals surface area contributed by atoms with E-state index in [0.717, 1.165) is 43.7 Å². The Hall–Kier alpha value is -1.55. The smallest absolute Gasteiger partial charge is 0.223 e. The summed E-state index contributed by atoms with van der Waals surface area (Å²) >= 11 is 0. The van der Waals surface area contributed by atoms with Crippen molar-refractivity contribution in [1.29, 1.82) is 0 Å². The van der Waals surface area contributed by atoms with Crippen LogP contribution in [0.25, 0.3) is 0 Å². The molecule has 1 atom stereocenters. The number of ether oxygens (including phenoxy) is 1. The maximum Gasteiger partial charge on any atom is 0.223 e. The maximum atomic E-state index is 12.7. The zero-order valence-corrected chi connectivity index (χ0v) is 14.6. The lowest BCUT2D eigenvalue weighted by atomic mass is 9.93. The number of nitrogens with one attached hydrogen (secondary N) is 2. The molecule has 0 bridgehead atoms. The predicted molar refractivity (Wildman–Crippen MR) is 93.5 cm³/mol. The number of hydrogen-bond donors (Lipinski definition) is 2. The fraction of sp³-hybridized carbons (Fsp3) is 0.632. The zero-order chi connectivity index (χ0) is 16.7. The van der Waals surface area contributed by atoms with Crippen molar-refractivity contribution in [2.75, 3.05) is 19.7 Å². The third-order valence-electron chi connectivity index (χ3n) is 4.33. The van der Waals surface area contributed by atoms with E-state index in [-0.39, 0.29) is 17.9 Å². The van der Waals surface area contributed by atoms with E-state index in [1.807, 2.05) is 25.1 Å². The van der Waals surface area contributed by atoms with Crippen LogP contribution in [0, 0.1) is 11.8 Å². The highest BCUT2D eigenvalue weighted by molar-refractivity contribution is 5.79. The van der Waals surface area contributed by atoms with E-state index < -0.39 is 0 Å². The van der Waals surface area contributed by atoms with Gasteiger partial charge < -0.3 is 15.4 Å². The van der Waals surface area contributed by atoms with E-state index in [1.54, 1.807) is 0 Å². The molecule has 0 aliphatic carbocycles. The molecule has 1 heterocycles. The molecule has 0 aromatic heterocycles. The molecule has 2 N–H and O–H groups in total. The van der Waals surface area contributed by atoms with Crippen LogP contribution < -0.4 is 15.4 Å². The van der Waals surface area contributed by atoms with Crippen molar-refractivity contribution in [3.05, 3.63) is 29.8 Å². The van der Waals surface area contributed by atoms with Crippen molar-refractivity contribution in [1.82, 2.24) is 10.6 Å². The van der Waals surface area contributed by atoms with Crippen molar-refractivity contribution < 1.29 is 9.53 Å². The molecular formula is C19H30N2O2. The Kier molecular flexibility index (Phi) is 6.90. The molecule has 23 heavy (non-hydrogen) atoms. The second kappa shape index (κ2) is 8.92. The lowest BCUT2D eigenvalue weighted by molar-refractivity contribution is -0.126. The van der Waals surface area contributed by atoms with Crippen LogP contribution in [-0.2, 0) is 4.79 Å². The summed E-state index contributed by atoms with van der Waals surface area (Å²) in [4.78, 5) is 12.7. The zero-order valence-electron chi connectivity index (χ0n) is 14.6. The fourth-order valence-corrected chi connectivity index (χ4v) is 3.16. The molecule has 1 saturated heterocycles. The maximum absolute atomic E-state index is 12.7. The van der Waals surface area contributed by atoms with Gasteiger partial charge in [-0.3, -0.25) is 4.79 Å². The minimum Gasteiger partial charge on any atom is -0.494 e. The van der Waals surface area contributed by atoms with Gasteiger partial charge in [0.2, 0.25) is 5.91 Å². The Morgan fingerprint density at radius 1 is 1.30 bits per heavy atom. The van der Waals surface area contributed by atoms with Crippen LogP contribution in [0.4, 0.5) is 0 Å². The molecule has 0 spiro atoms. The summed E-state index contributed by atoms with van der Waals surface area (Å²) in [6.07, 6.45) is 2.77. The van der Waals surface area contributed by atoms with Crippen LogP contribution in [0.15, 0.2) is 24.3 Å². The second-order valence-electron chi connectivity index (χ2n) is 6.69.